The molecule has 5 nitrogen and oxygen atoms in total. The molecule has 3 N–H and O–H groups in total. The lowest BCUT2D eigenvalue weighted by Crippen LogP contribution is -2.60. The zero-order valence-corrected chi connectivity index (χ0v) is 11.5. The summed E-state index contributed by atoms with van der Waals surface area (Å²) in [6.07, 6.45) is 0.767. The molecule has 1 aromatic rings. The van der Waals surface area contributed by atoms with Crippen LogP contribution >= 0.6 is 0 Å². The number of halogens is 1. The predicted octanol–water partition coefficient (Wildman–Crippen LogP) is 0.795. The molecule has 2 atom stereocenters. The number of piperazine rings is 1. The van der Waals surface area contributed by atoms with E-state index in [4.69, 9.17) is 10.6 Å². The van der Waals surface area contributed by atoms with Gasteiger partial charge in [0.2, 0.25) is 0 Å². The quantitative estimate of drug-likeness (QED) is 0.854. The van der Waals surface area contributed by atoms with Gasteiger partial charge >= 0.3 is 5.97 Å². The fourth-order valence-corrected chi connectivity index (χ4v) is 2.17. The highest BCUT2D eigenvalue weighted by atomic mass is 19.1. The molecular formula is C14H20FN3O2. The average Bonchev–Trinajstić information content (AvgIpc) is 2.44. The Kier molecular flexibility index (Phi) is 5.05. The average molecular weight is 281 g/mol. The summed E-state index contributed by atoms with van der Waals surface area (Å²) >= 11 is 0. The molecule has 1 fully saturated rings. The highest BCUT2D eigenvalue weighted by Crippen LogP contribution is 2.14. The number of benzene rings is 1. The molecule has 1 heterocycles. The molecule has 1 aliphatic heterocycles. The lowest BCUT2D eigenvalue weighted by Gasteiger charge is -2.37. The van der Waals surface area contributed by atoms with Gasteiger partial charge in [0, 0.05) is 13.0 Å². The second kappa shape index (κ2) is 6.78. The zero-order valence-electron chi connectivity index (χ0n) is 11.5. The van der Waals surface area contributed by atoms with Crippen LogP contribution in [0, 0.1) is 5.82 Å². The van der Waals surface area contributed by atoms with Gasteiger partial charge in [-0.2, -0.15) is 0 Å². The number of hydrogen-bond donors (Lipinski definition) is 2. The van der Waals surface area contributed by atoms with Crippen LogP contribution in [0.3, 0.4) is 0 Å². The van der Waals surface area contributed by atoms with Crippen molar-refractivity contribution >= 4 is 5.97 Å². The summed E-state index contributed by atoms with van der Waals surface area (Å²) in [5.41, 5.74) is 6.82. The first-order valence-corrected chi connectivity index (χ1v) is 6.79. The lowest BCUT2D eigenvalue weighted by atomic mass is 10.0. The predicted molar refractivity (Wildman–Crippen MR) is 73.0 cm³/mol. The van der Waals surface area contributed by atoms with Crippen LogP contribution < -0.4 is 11.1 Å². The van der Waals surface area contributed by atoms with Crippen molar-refractivity contribution < 1.29 is 14.0 Å². The Morgan fingerprint density at radius 2 is 2.20 bits per heavy atom. The van der Waals surface area contributed by atoms with Crippen LogP contribution in [0.5, 0.6) is 0 Å². The summed E-state index contributed by atoms with van der Waals surface area (Å²) < 4.78 is 12.9. The van der Waals surface area contributed by atoms with E-state index in [-0.39, 0.29) is 24.0 Å². The summed E-state index contributed by atoms with van der Waals surface area (Å²) in [6, 6.07) is 6.34. The molecule has 0 aliphatic carbocycles. The Morgan fingerprint density at radius 1 is 1.50 bits per heavy atom. The second-order valence-corrected chi connectivity index (χ2v) is 4.92. The van der Waals surface area contributed by atoms with Gasteiger partial charge in [-0.1, -0.05) is 19.1 Å². The van der Waals surface area contributed by atoms with Crippen LogP contribution in [-0.4, -0.2) is 36.3 Å². The van der Waals surface area contributed by atoms with Crippen molar-refractivity contribution in [2.45, 2.75) is 32.0 Å². The maximum atomic E-state index is 12.9. The topological polar surface area (TPSA) is 67.6 Å². The van der Waals surface area contributed by atoms with Crippen molar-refractivity contribution in [3.05, 3.63) is 35.6 Å². The van der Waals surface area contributed by atoms with Gasteiger partial charge in [0.1, 0.15) is 5.82 Å². The summed E-state index contributed by atoms with van der Waals surface area (Å²) in [6.45, 7) is 2.81. The Hall–Kier alpha value is -1.50. The van der Waals surface area contributed by atoms with E-state index in [1.54, 1.807) is 24.1 Å². The number of hydroxylamine groups is 2. The molecule has 110 valence electrons. The van der Waals surface area contributed by atoms with Crippen molar-refractivity contribution in [3.8, 4) is 0 Å². The van der Waals surface area contributed by atoms with E-state index >= 15 is 0 Å². The van der Waals surface area contributed by atoms with Crippen LogP contribution in [-0.2, 0) is 16.1 Å². The van der Waals surface area contributed by atoms with Crippen molar-refractivity contribution in [1.82, 2.24) is 10.4 Å². The molecule has 0 saturated carbocycles. The van der Waals surface area contributed by atoms with Gasteiger partial charge in [0.25, 0.3) is 0 Å². The third kappa shape index (κ3) is 4.00. The normalized spacial score (nSPS) is 23.6. The Bertz CT molecular complexity index is 452. The van der Waals surface area contributed by atoms with Gasteiger partial charge in [-0.15, -0.1) is 5.06 Å². The number of carbonyl (C=O) groups is 1. The molecule has 0 amide bonds. The lowest BCUT2D eigenvalue weighted by molar-refractivity contribution is -0.208. The number of nitrogens with zero attached hydrogens (tertiary/aromatic N) is 1. The highest BCUT2D eigenvalue weighted by molar-refractivity contribution is 5.68. The molecule has 6 heteroatoms. The maximum Gasteiger partial charge on any atom is 0.324 e. The van der Waals surface area contributed by atoms with Gasteiger partial charge < -0.3 is 10.6 Å². The van der Waals surface area contributed by atoms with E-state index in [2.05, 4.69) is 5.32 Å². The van der Waals surface area contributed by atoms with Gasteiger partial charge in [0.15, 0.2) is 0 Å². The van der Waals surface area contributed by atoms with E-state index in [0.29, 0.717) is 25.9 Å². The van der Waals surface area contributed by atoms with E-state index in [0.717, 1.165) is 5.56 Å². The molecule has 0 aromatic heterocycles. The highest BCUT2D eigenvalue weighted by Gasteiger charge is 2.29. The summed E-state index contributed by atoms with van der Waals surface area (Å²) in [5, 5.41) is 4.79. The Morgan fingerprint density at radius 3 is 2.85 bits per heavy atom. The fraction of sp³-hybridized carbons (Fsp3) is 0.500. The number of nitrogens with one attached hydrogen (secondary N) is 1. The molecule has 20 heavy (non-hydrogen) atoms. The molecule has 0 radical (unpaired) electrons. The summed E-state index contributed by atoms with van der Waals surface area (Å²) in [7, 11) is 0. The van der Waals surface area contributed by atoms with Crippen molar-refractivity contribution in [3.63, 3.8) is 0 Å². The minimum atomic E-state index is -0.275. The zero-order chi connectivity index (χ0) is 14.5. The van der Waals surface area contributed by atoms with E-state index < -0.39 is 0 Å². The van der Waals surface area contributed by atoms with Crippen LogP contribution in [0.4, 0.5) is 4.39 Å². The monoisotopic (exact) mass is 281 g/mol. The first kappa shape index (κ1) is 14.9. The summed E-state index contributed by atoms with van der Waals surface area (Å²) in [5.74, 6) is -0.532. The fourth-order valence-electron chi connectivity index (χ4n) is 2.17. The standard InChI is InChI=1S/C14H20FN3O2/c1-2-14(19)20-18-9-13(16)17-8-12(18)7-10-3-5-11(15)6-4-10/h3-6,12-13,17H,2,7-9,16H2,1H3. The van der Waals surface area contributed by atoms with Crippen LogP contribution in [0.15, 0.2) is 24.3 Å². The molecular weight excluding hydrogens is 261 g/mol. The smallest absolute Gasteiger partial charge is 0.324 e. The van der Waals surface area contributed by atoms with E-state index in [9.17, 15) is 9.18 Å². The van der Waals surface area contributed by atoms with Crippen LogP contribution in [0.1, 0.15) is 18.9 Å². The Balaban J connectivity index is 2.02. The molecule has 1 aliphatic rings. The first-order valence-electron chi connectivity index (χ1n) is 6.79. The van der Waals surface area contributed by atoms with E-state index in [1.165, 1.54) is 12.1 Å². The molecule has 2 unspecified atom stereocenters. The van der Waals surface area contributed by atoms with Gasteiger partial charge in [0.05, 0.1) is 18.8 Å². The van der Waals surface area contributed by atoms with Crippen LogP contribution in [0.25, 0.3) is 0 Å². The molecule has 0 bridgehead atoms. The largest absolute Gasteiger partial charge is 0.368 e. The van der Waals surface area contributed by atoms with Gasteiger partial charge in [-0.25, -0.2) is 4.39 Å². The second-order valence-electron chi connectivity index (χ2n) is 4.92. The third-order valence-electron chi connectivity index (χ3n) is 3.29. The summed E-state index contributed by atoms with van der Waals surface area (Å²) in [4.78, 5) is 16.8. The number of nitrogens with two attached hydrogens (primary N) is 1. The molecule has 1 aromatic carbocycles. The maximum absolute atomic E-state index is 12.9. The molecule has 1 saturated heterocycles. The molecule has 0 spiro atoms. The minimum absolute atomic E-state index is 0.00392. The molecule has 2 rings (SSSR count). The van der Waals surface area contributed by atoms with E-state index in [1.807, 2.05) is 0 Å². The minimum Gasteiger partial charge on any atom is -0.368 e. The van der Waals surface area contributed by atoms with Crippen molar-refractivity contribution in [1.29, 1.82) is 0 Å². The SMILES string of the molecule is CCC(=O)ON1CC(N)NCC1Cc1ccc(F)cc1. The van der Waals surface area contributed by atoms with Crippen molar-refractivity contribution in [2.24, 2.45) is 5.73 Å². The number of carbonyl (C=O) groups excluding carboxylic acids is 1. The van der Waals surface area contributed by atoms with Crippen molar-refractivity contribution in [2.75, 3.05) is 13.1 Å². The Labute approximate surface area is 117 Å². The van der Waals surface area contributed by atoms with Crippen LogP contribution in [0.2, 0.25) is 0 Å². The first-order chi connectivity index (χ1) is 9.58. The van der Waals surface area contributed by atoms with Gasteiger partial charge in [-0.3, -0.25) is 10.1 Å². The van der Waals surface area contributed by atoms with Gasteiger partial charge in [-0.05, 0) is 24.1 Å². The number of rotatable bonds is 4. The third-order valence-corrected chi connectivity index (χ3v) is 3.29. The number of hydrogen-bond acceptors (Lipinski definition) is 5.